The monoisotopic (exact) mass is 234 g/mol. The summed E-state index contributed by atoms with van der Waals surface area (Å²) in [6.07, 6.45) is 2.37. The number of aliphatic carboxylic acids is 1. The van der Waals surface area contributed by atoms with Crippen LogP contribution in [-0.2, 0) is 4.79 Å². The molecule has 0 aromatic rings. The Morgan fingerprint density at radius 2 is 1.83 bits per heavy atom. The molecule has 0 spiro atoms. The van der Waals surface area contributed by atoms with Crippen LogP contribution in [0.25, 0.3) is 0 Å². The van der Waals surface area contributed by atoms with Crippen LogP contribution in [0.3, 0.4) is 0 Å². The van der Waals surface area contributed by atoms with Crippen molar-refractivity contribution in [2.24, 2.45) is 0 Å². The molecular weight excluding hydrogens is 215 g/mol. The zero-order valence-corrected chi connectivity index (χ0v) is 9.92. The molecular formula is C9H19AsO2. The van der Waals surface area contributed by atoms with Gasteiger partial charge in [0.25, 0.3) is 0 Å². The molecule has 0 unspecified atom stereocenters. The summed E-state index contributed by atoms with van der Waals surface area (Å²) in [5, 5.41) is 12.5. The van der Waals surface area contributed by atoms with E-state index in [1.165, 1.54) is 15.6 Å². The molecule has 12 heavy (non-hydrogen) atoms. The van der Waals surface area contributed by atoms with Crippen molar-refractivity contribution in [1.29, 1.82) is 0 Å². The average Bonchev–Trinajstić information content (AvgIpc) is 2.04. The fourth-order valence-corrected chi connectivity index (χ4v) is 4.82. The Hall–Kier alpha value is 0.0284. The maximum atomic E-state index is 10.2. The van der Waals surface area contributed by atoms with Gasteiger partial charge in [0.05, 0.1) is 0 Å². The molecule has 0 bridgehead atoms. The first kappa shape index (κ1) is 12.0. The number of unbranched alkanes of at least 4 members (excludes halogenated alkanes) is 1. The molecule has 0 fully saturated rings. The molecule has 0 aromatic carbocycles. The van der Waals surface area contributed by atoms with Crippen LogP contribution in [0, 0.1) is 0 Å². The van der Waals surface area contributed by atoms with Gasteiger partial charge >= 0.3 is 79.3 Å². The van der Waals surface area contributed by atoms with E-state index >= 15 is 0 Å². The SMILES string of the molecule is CC[As](CC)CCCCC(=O)O. The second-order valence-corrected chi connectivity index (χ2v) is 9.28. The van der Waals surface area contributed by atoms with Gasteiger partial charge in [-0.15, -0.1) is 0 Å². The van der Waals surface area contributed by atoms with Crippen LogP contribution in [0.15, 0.2) is 0 Å². The fraction of sp³-hybridized carbons (Fsp3) is 0.889. The van der Waals surface area contributed by atoms with Crippen LogP contribution >= 0.6 is 0 Å². The van der Waals surface area contributed by atoms with Crippen molar-refractivity contribution in [3.8, 4) is 0 Å². The normalized spacial score (nSPS) is 10.6. The summed E-state index contributed by atoms with van der Waals surface area (Å²) in [7, 11) is 0. The van der Waals surface area contributed by atoms with E-state index in [1.807, 2.05) is 0 Å². The molecule has 0 radical (unpaired) electrons. The zero-order chi connectivity index (χ0) is 9.40. The van der Waals surface area contributed by atoms with Crippen molar-refractivity contribution >= 4 is 20.6 Å². The number of hydrogen-bond donors (Lipinski definition) is 1. The standard InChI is InChI=1S/C9H19AsO2/c1-3-10(4-2)8-6-5-7-9(11)12/h3-8H2,1-2H3,(H,11,12). The van der Waals surface area contributed by atoms with Crippen molar-refractivity contribution in [3.63, 3.8) is 0 Å². The van der Waals surface area contributed by atoms with Gasteiger partial charge in [-0.25, -0.2) is 0 Å². The van der Waals surface area contributed by atoms with E-state index < -0.39 is 20.6 Å². The van der Waals surface area contributed by atoms with Crippen molar-refractivity contribution < 1.29 is 9.90 Å². The van der Waals surface area contributed by atoms with Gasteiger partial charge < -0.3 is 0 Å². The third-order valence-electron chi connectivity index (χ3n) is 2.01. The molecule has 0 saturated carbocycles. The number of carboxylic acid groups (broad SMARTS) is 1. The molecule has 0 heterocycles. The number of carbonyl (C=O) groups is 1. The van der Waals surface area contributed by atoms with Crippen molar-refractivity contribution in [1.82, 2.24) is 0 Å². The first-order valence-corrected chi connectivity index (χ1v) is 8.63. The Balaban J connectivity index is 3.23. The van der Waals surface area contributed by atoms with Gasteiger partial charge in [0.15, 0.2) is 0 Å². The summed E-state index contributed by atoms with van der Waals surface area (Å²) in [5.41, 5.74) is 0. The quantitative estimate of drug-likeness (QED) is 0.543. The van der Waals surface area contributed by atoms with E-state index in [4.69, 9.17) is 5.11 Å². The van der Waals surface area contributed by atoms with Crippen LogP contribution in [-0.4, -0.2) is 25.7 Å². The minimum absolute atomic E-state index is 0.357. The van der Waals surface area contributed by atoms with E-state index in [-0.39, 0.29) is 0 Å². The molecule has 0 amide bonds. The maximum absolute atomic E-state index is 10.2. The van der Waals surface area contributed by atoms with Crippen LogP contribution < -0.4 is 0 Å². The van der Waals surface area contributed by atoms with E-state index in [2.05, 4.69) is 13.8 Å². The Kier molecular flexibility index (Phi) is 7.68. The van der Waals surface area contributed by atoms with Crippen LogP contribution in [0.2, 0.25) is 15.6 Å². The van der Waals surface area contributed by atoms with Gasteiger partial charge in [-0.05, 0) is 0 Å². The Bertz CT molecular complexity index is 122. The zero-order valence-electron chi connectivity index (χ0n) is 8.05. The summed E-state index contributed by atoms with van der Waals surface area (Å²) >= 11 is -0.511. The molecule has 0 aromatic heterocycles. The number of hydrogen-bond acceptors (Lipinski definition) is 1. The Morgan fingerprint density at radius 1 is 1.25 bits per heavy atom. The molecule has 72 valence electrons. The second-order valence-electron chi connectivity index (χ2n) is 2.88. The third-order valence-corrected chi connectivity index (χ3v) is 7.75. The van der Waals surface area contributed by atoms with Gasteiger partial charge in [-0.2, -0.15) is 0 Å². The molecule has 0 aliphatic carbocycles. The Morgan fingerprint density at radius 3 is 2.25 bits per heavy atom. The van der Waals surface area contributed by atoms with Crippen LogP contribution in [0.4, 0.5) is 0 Å². The minimum atomic E-state index is -0.651. The van der Waals surface area contributed by atoms with Crippen molar-refractivity contribution in [3.05, 3.63) is 0 Å². The molecule has 0 atom stereocenters. The van der Waals surface area contributed by atoms with Crippen molar-refractivity contribution in [2.45, 2.75) is 48.7 Å². The second kappa shape index (κ2) is 7.67. The summed E-state index contributed by atoms with van der Waals surface area (Å²) in [4.78, 5) is 10.2. The average molecular weight is 234 g/mol. The van der Waals surface area contributed by atoms with Crippen molar-refractivity contribution in [2.75, 3.05) is 0 Å². The predicted octanol–water partition coefficient (Wildman–Crippen LogP) is 2.78. The third kappa shape index (κ3) is 6.72. The summed E-state index contributed by atoms with van der Waals surface area (Å²) in [6.45, 7) is 4.53. The number of rotatable bonds is 7. The summed E-state index contributed by atoms with van der Waals surface area (Å²) in [5.74, 6) is -0.651. The molecule has 0 saturated heterocycles. The predicted molar refractivity (Wildman–Crippen MR) is 53.0 cm³/mol. The topological polar surface area (TPSA) is 37.3 Å². The van der Waals surface area contributed by atoms with Gasteiger partial charge in [-0.3, -0.25) is 0 Å². The van der Waals surface area contributed by atoms with E-state index in [1.54, 1.807) is 0 Å². The molecule has 2 nitrogen and oxygen atoms in total. The first-order chi connectivity index (χ1) is 5.70. The Labute approximate surface area is 79.6 Å². The van der Waals surface area contributed by atoms with Gasteiger partial charge in [-0.1, -0.05) is 0 Å². The molecule has 0 aliphatic heterocycles. The summed E-state index contributed by atoms with van der Waals surface area (Å²) < 4.78 is 0. The first-order valence-electron chi connectivity index (χ1n) is 4.64. The van der Waals surface area contributed by atoms with E-state index in [0.717, 1.165) is 12.8 Å². The van der Waals surface area contributed by atoms with Crippen LogP contribution in [0.5, 0.6) is 0 Å². The molecule has 0 aliphatic rings. The van der Waals surface area contributed by atoms with Gasteiger partial charge in [0.2, 0.25) is 0 Å². The summed E-state index contributed by atoms with van der Waals surface area (Å²) in [6, 6.07) is 0. The molecule has 0 rings (SSSR count). The fourth-order valence-electron chi connectivity index (χ4n) is 1.15. The number of carboxylic acids is 1. The van der Waals surface area contributed by atoms with Gasteiger partial charge in [0.1, 0.15) is 0 Å². The molecule has 3 heteroatoms. The van der Waals surface area contributed by atoms with Gasteiger partial charge in [0, 0.05) is 0 Å². The van der Waals surface area contributed by atoms with E-state index in [9.17, 15) is 4.79 Å². The van der Waals surface area contributed by atoms with Crippen LogP contribution in [0.1, 0.15) is 33.1 Å². The molecule has 1 N–H and O–H groups in total. The van der Waals surface area contributed by atoms with E-state index in [0.29, 0.717) is 6.42 Å².